The SMILES string of the molecule is O=c1[nH][nH]cc1NS(=O)(=O)O. The summed E-state index contributed by atoms with van der Waals surface area (Å²) in [7, 11) is -4.36. The van der Waals surface area contributed by atoms with Crippen molar-refractivity contribution in [1.29, 1.82) is 0 Å². The van der Waals surface area contributed by atoms with Gasteiger partial charge in [-0.25, -0.2) is 0 Å². The number of hydrogen-bond acceptors (Lipinski definition) is 3. The fourth-order valence-corrected chi connectivity index (χ4v) is 0.951. The number of H-pyrrole nitrogens is 2. The van der Waals surface area contributed by atoms with Gasteiger partial charge in [-0.05, 0) is 0 Å². The molecule has 0 saturated heterocycles. The quantitative estimate of drug-likeness (QED) is 0.432. The molecule has 62 valence electrons. The van der Waals surface area contributed by atoms with Gasteiger partial charge < -0.3 is 5.10 Å². The standard InChI is InChI=1S/C3H5N3O4S/c7-3-2(1-4-5-3)6-11(8,9)10/h1,6H,(H2,4,5,7)(H,8,9,10). The molecule has 4 N–H and O–H groups in total. The molecule has 0 aliphatic rings. The molecule has 7 nitrogen and oxygen atoms in total. The molecule has 0 atom stereocenters. The first-order valence-corrected chi connectivity index (χ1v) is 3.94. The Bertz CT molecular complexity index is 387. The van der Waals surface area contributed by atoms with Gasteiger partial charge in [-0.2, -0.15) is 8.42 Å². The molecule has 0 aliphatic heterocycles. The summed E-state index contributed by atoms with van der Waals surface area (Å²) in [5.74, 6) is 0. The van der Waals surface area contributed by atoms with E-state index in [0.29, 0.717) is 0 Å². The van der Waals surface area contributed by atoms with Crippen LogP contribution in [0.15, 0.2) is 11.0 Å². The minimum absolute atomic E-state index is 0.257. The molecule has 0 aromatic carbocycles. The second-order valence-corrected chi connectivity index (χ2v) is 2.89. The lowest BCUT2D eigenvalue weighted by atomic mass is 10.6. The average Bonchev–Trinajstić information content (AvgIpc) is 2.12. The molecule has 0 unspecified atom stereocenters. The van der Waals surface area contributed by atoms with Crippen LogP contribution in [0.2, 0.25) is 0 Å². The highest BCUT2D eigenvalue weighted by atomic mass is 32.2. The van der Waals surface area contributed by atoms with Gasteiger partial charge in [0.05, 0.1) is 0 Å². The van der Waals surface area contributed by atoms with Crippen molar-refractivity contribution in [1.82, 2.24) is 10.2 Å². The van der Waals surface area contributed by atoms with Gasteiger partial charge in [-0.1, -0.05) is 0 Å². The van der Waals surface area contributed by atoms with Crippen molar-refractivity contribution < 1.29 is 13.0 Å². The molecule has 1 rings (SSSR count). The van der Waals surface area contributed by atoms with Gasteiger partial charge in [0, 0.05) is 6.20 Å². The van der Waals surface area contributed by atoms with Crippen LogP contribution in [0.25, 0.3) is 0 Å². The van der Waals surface area contributed by atoms with Crippen molar-refractivity contribution in [2.45, 2.75) is 0 Å². The Labute approximate surface area is 61.3 Å². The third-order valence-electron chi connectivity index (χ3n) is 0.886. The van der Waals surface area contributed by atoms with Crippen LogP contribution in [0.5, 0.6) is 0 Å². The lowest BCUT2D eigenvalue weighted by Gasteiger charge is -1.93. The lowest BCUT2D eigenvalue weighted by molar-refractivity contribution is 0.489. The lowest BCUT2D eigenvalue weighted by Crippen LogP contribution is -2.15. The van der Waals surface area contributed by atoms with E-state index >= 15 is 0 Å². The fraction of sp³-hybridized carbons (Fsp3) is 0. The van der Waals surface area contributed by atoms with E-state index in [9.17, 15) is 13.2 Å². The highest BCUT2D eigenvalue weighted by Crippen LogP contribution is 1.95. The summed E-state index contributed by atoms with van der Waals surface area (Å²) in [4.78, 5) is 10.6. The van der Waals surface area contributed by atoms with Crippen LogP contribution in [-0.2, 0) is 10.3 Å². The monoisotopic (exact) mass is 179 g/mol. The second kappa shape index (κ2) is 2.40. The van der Waals surface area contributed by atoms with Crippen molar-refractivity contribution in [2.75, 3.05) is 4.72 Å². The first-order chi connectivity index (χ1) is 4.99. The first-order valence-electron chi connectivity index (χ1n) is 2.50. The van der Waals surface area contributed by atoms with Crippen molar-refractivity contribution in [3.8, 4) is 0 Å². The molecule has 0 fully saturated rings. The summed E-state index contributed by atoms with van der Waals surface area (Å²) in [5.41, 5.74) is -0.907. The third kappa shape index (κ3) is 2.09. The maximum Gasteiger partial charge on any atom is 0.357 e. The van der Waals surface area contributed by atoms with Gasteiger partial charge in [0.2, 0.25) is 0 Å². The van der Waals surface area contributed by atoms with Gasteiger partial charge in [-0.15, -0.1) is 0 Å². The predicted molar refractivity (Wildman–Crippen MR) is 36.6 cm³/mol. The fourth-order valence-electron chi connectivity index (χ4n) is 0.521. The van der Waals surface area contributed by atoms with E-state index < -0.39 is 15.9 Å². The molecule has 0 radical (unpaired) electrons. The van der Waals surface area contributed by atoms with E-state index in [2.05, 4.69) is 10.2 Å². The zero-order chi connectivity index (χ0) is 8.48. The molecule has 0 bridgehead atoms. The molecule has 0 amide bonds. The number of hydrogen-bond donors (Lipinski definition) is 4. The van der Waals surface area contributed by atoms with E-state index in [0.717, 1.165) is 6.20 Å². The smallest absolute Gasteiger partial charge is 0.303 e. The molecule has 11 heavy (non-hydrogen) atoms. The van der Waals surface area contributed by atoms with Crippen molar-refractivity contribution in [2.24, 2.45) is 0 Å². The number of nitrogens with one attached hydrogen (secondary N) is 3. The molecule has 0 aliphatic carbocycles. The van der Waals surface area contributed by atoms with Crippen LogP contribution < -0.4 is 10.3 Å². The molecule has 1 aromatic rings. The largest absolute Gasteiger partial charge is 0.357 e. The molecule has 0 spiro atoms. The van der Waals surface area contributed by atoms with Gasteiger partial charge in [0.1, 0.15) is 5.69 Å². The van der Waals surface area contributed by atoms with E-state index in [1.165, 1.54) is 0 Å². The Balaban J connectivity index is 2.98. The molecule has 1 aromatic heterocycles. The number of aromatic nitrogens is 2. The van der Waals surface area contributed by atoms with Crippen LogP contribution >= 0.6 is 0 Å². The number of aromatic amines is 2. The Morgan fingerprint density at radius 2 is 2.18 bits per heavy atom. The summed E-state index contributed by atoms with van der Waals surface area (Å²) < 4.78 is 30.0. The van der Waals surface area contributed by atoms with Gasteiger partial charge in [0.15, 0.2) is 0 Å². The minimum atomic E-state index is -4.36. The maximum atomic E-state index is 10.6. The van der Waals surface area contributed by atoms with Gasteiger partial charge >= 0.3 is 10.3 Å². The van der Waals surface area contributed by atoms with Gasteiger partial charge in [0.25, 0.3) is 5.56 Å². The van der Waals surface area contributed by atoms with Crippen molar-refractivity contribution in [3.63, 3.8) is 0 Å². The highest BCUT2D eigenvalue weighted by Gasteiger charge is 2.06. The third-order valence-corrected chi connectivity index (χ3v) is 1.36. The Kier molecular flexibility index (Phi) is 1.71. The second-order valence-electron chi connectivity index (χ2n) is 1.73. The van der Waals surface area contributed by atoms with Crippen LogP contribution in [0.3, 0.4) is 0 Å². The zero-order valence-corrected chi connectivity index (χ0v) is 5.97. The summed E-state index contributed by atoms with van der Waals surface area (Å²) in [6.07, 6.45) is 1.08. The van der Waals surface area contributed by atoms with Crippen molar-refractivity contribution in [3.05, 3.63) is 16.6 Å². The summed E-state index contributed by atoms with van der Waals surface area (Å²) in [6, 6.07) is 0. The van der Waals surface area contributed by atoms with Crippen LogP contribution in [-0.4, -0.2) is 23.2 Å². The number of rotatable bonds is 2. The Hall–Kier alpha value is -1.28. The van der Waals surface area contributed by atoms with Crippen molar-refractivity contribution >= 4 is 16.0 Å². The predicted octanol–water partition coefficient (Wildman–Crippen LogP) is -1.08. The molecular formula is C3H5N3O4S. The highest BCUT2D eigenvalue weighted by molar-refractivity contribution is 7.87. The van der Waals surface area contributed by atoms with Crippen LogP contribution in [0.1, 0.15) is 0 Å². The Morgan fingerprint density at radius 3 is 2.55 bits per heavy atom. The normalized spacial score (nSPS) is 11.4. The summed E-state index contributed by atoms with van der Waals surface area (Å²) in [6.45, 7) is 0. The summed E-state index contributed by atoms with van der Waals surface area (Å²) >= 11 is 0. The van der Waals surface area contributed by atoms with Crippen LogP contribution in [0, 0.1) is 0 Å². The van der Waals surface area contributed by atoms with E-state index in [1.54, 1.807) is 4.72 Å². The van der Waals surface area contributed by atoms with E-state index in [4.69, 9.17) is 4.55 Å². The van der Waals surface area contributed by atoms with E-state index in [-0.39, 0.29) is 5.69 Å². The first kappa shape index (κ1) is 7.82. The average molecular weight is 179 g/mol. The van der Waals surface area contributed by atoms with Crippen LogP contribution in [0.4, 0.5) is 5.69 Å². The zero-order valence-electron chi connectivity index (χ0n) is 5.16. The maximum absolute atomic E-state index is 10.6. The molecule has 0 saturated carbocycles. The molecular weight excluding hydrogens is 174 g/mol. The minimum Gasteiger partial charge on any atom is -0.303 e. The number of anilines is 1. The molecule has 1 heterocycles. The molecule has 8 heteroatoms. The Morgan fingerprint density at radius 1 is 1.55 bits per heavy atom. The topological polar surface area (TPSA) is 115 Å². The summed E-state index contributed by atoms with van der Waals surface area (Å²) in [5, 5.41) is 4.32. The van der Waals surface area contributed by atoms with Gasteiger partial charge in [-0.3, -0.25) is 19.2 Å². The van der Waals surface area contributed by atoms with E-state index in [1.807, 2.05) is 0 Å².